The lowest BCUT2D eigenvalue weighted by molar-refractivity contribution is 0.307. The highest BCUT2D eigenvalue weighted by Crippen LogP contribution is 1.99. The summed E-state index contributed by atoms with van der Waals surface area (Å²) in [6.07, 6.45) is 5.08. The first-order valence-corrected chi connectivity index (χ1v) is 5.16. The fraction of sp³-hybridized carbons (Fsp3) is 1.00. The lowest BCUT2D eigenvalue weighted by Gasteiger charge is -2.17. The van der Waals surface area contributed by atoms with Gasteiger partial charge in [0.25, 0.3) is 0 Å². The molecular weight excluding hydrogens is 158 g/mol. The summed E-state index contributed by atoms with van der Waals surface area (Å²) in [5.41, 5.74) is 0. The van der Waals surface area contributed by atoms with Gasteiger partial charge in [0.15, 0.2) is 0 Å². The summed E-state index contributed by atoms with van der Waals surface area (Å²) in [6, 6.07) is 0.694. The third-order valence-corrected chi connectivity index (χ3v) is 2.16. The van der Waals surface area contributed by atoms with Crippen molar-refractivity contribution in [3.05, 3.63) is 0 Å². The quantitative estimate of drug-likeness (QED) is 0.427. The van der Waals surface area contributed by atoms with Crippen molar-refractivity contribution in [3.8, 4) is 0 Å². The molecule has 0 unspecified atom stereocenters. The zero-order valence-electron chi connectivity index (χ0n) is 7.77. The highest BCUT2D eigenvalue weighted by atomic mass is 35.5. The van der Waals surface area contributed by atoms with Gasteiger partial charge in [0.1, 0.15) is 0 Å². The van der Waals surface area contributed by atoms with E-state index in [1.54, 1.807) is 0 Å². The third-order valence-electron chi connectivity index (χ3n) is 1.82. The lowest BCUT2D eigenvalue weighted by Crippen LogP contribution is -2.24. The van der Waals surface area contributed by atoms with Crippen molar-refractivity contribution >= 4 is 11.6 Å². The summed E-state index contributed by atoms with van der Waals surface area (Å²) in [4.78, 5) is 2.31. The second kappa shape index (κ2) is 8.35. The number of halogens is 1. The van der Waals surface area contributed by atoms with Crippen LogP contribution < -0.4 is 0 Å². The van der Waals surface area contributed by atoms with Crippen LogP contribution in [0.5, 0.6) is 0 Å². The second-order valence-electron chi connectivity index (χ2n) is 2.94. The molecule has 0 aliphatic heterocycles. The topological polar surface area (TPSA) is 3.24 Å². The average Bonchev–Trinajstić information content (AvgIpc) is 2.05. The van der Waals surface area contributed by atoms with E-state index in [0.717, 1.165) is 0 Å². The van der Waals surface area contributed by atoms with Crippen LogP contribution in [0.4, 0.5) is 0 Å². The Bertz CT molecular complexity index is 68.0. The number of unbranched alkanes of at least 4 members (excludes halogenated alkanes) is 2. The third kappa shape index (κ3) is 6.64. The van der Waals surface area contributed by atoms with Crippen molar-refractivity contribution in [1.29, 1.82) is 0 Å². The monoisotopic (exact) mass is 177 g/mol. The van der Waals surface area contributed by atoms with E-state index in [9.17, 15) is 0 Å². The molecule has 2 heteroatoms. The smallest absolute Gasteiger partial charge is 0.0738 e. The fourth-order valence-corrected chi connectivity index (χ4v) is 1.23. The summed E-state index contributed by atoms with van der Waals surface area (Å²) in [5, 5.41) is 0. The largest absolute Gasteiger partial charge is 0.290 e. The van der Waals surface area contributed by atoms with Gasteiger partial charge in [-0.25, -0.2) is 0 Å². The minimum Gasteiger partial charge on any atom is -0.290 e. The first-order valence-electron chi connectivity index (χ1n) is 4.63. The van der Waals surface area contributed by atoms with Crippen LogP contribution in [0.3, 0.4) is 0 Å². The Morgan fingerprint density at radius 1 is 1.00 bits per heavy atom. The fourth-order valence-electron chi connectivity index (χ4n) is 0.995. The zero-order chi connectivity index (χ0) is 8.53. The van der Waals surface area contributed by atoms with E-state index in [1.807, 2.05) is 0 Å². The molecular formula is C9H20ClN. The highest BCUT2D eigenvalue weighted by molar-refractivity contribution is 6.17. The maximum Gasteiger partial charge on any atom is 0.0738 e. The molecule has 11 heavy (non-hydrogen) atoms. The first kappa shape index (κ1) is 11.2. The van der Waals surface area contributed by atoms with Crippen LogP contribution in [0.25, 0.3) is 0 Å². The Kier molecular flexibility index (Phi) is 8.54. The molecule has 0 bridgehead atoms. The van der Waals surface area contributed by atoms with E-state index in [0.29, 0.717) is 6.00 Å². The minimum atomic E-state index is 0.694. The lowest BCUT2D eigenvalue weighted by atomic mass is 10.3. The molecule has 0 radical (unpaired) electrons. The molecule has 0 amide bonds. The summed E-state index contributed by atoms with van der Waals surface area (Å²) in [7, 11) is 0. The number of hydrogen-bond donors (Lipinski definition) is 0. The molecule has 0 fully saturated rings. The molecule has 0 saturated heterocycles. The molecule has 0 saturated carbocycles. The van der Waals surface area contributed by atoms with E-state index >= 15 is 0 Å². The molecule has 0 N–H and O–H groups in total. The molecule has 0 spiro atoms. The van der Waals surface area contributed by atoms with Crippen LogP contribution >= 0.6 is 11.6 Å². The van der Waals surface area contributed by atoms with Gasteiger partial charge < -0.3 is 0 Å². The highest BCUT2D eigenvalue weighted by Gasteiger charge is 1.99. The summed E-state index contributed by atoms with van der Waals surface area (Å²) < 4.78 is 0. The molecule has 0 aromatic carbocycles. The van der Waals surface area contributed by atoms with Gasteiger partial charge in [-0.15, -0.1) is 11.6 Å². The standard InChI is InChI=1S/C9H20ClN/c1-3-5-7-11(9-10)8-6-4-2/h3-9H2,1-2H3. The van der Waals surface area contributed by atoms with Crippen molar-refractivity contribution < 1.29 is 0 Å². The maximum atomic E-state index is 5.76. The Hall–Kier alpha value is 0.250. The normalized spacial score (nSPS) is 10.9. The van der Waals surface area contributed by atoms with E-state index in [-0.39, 0.29) is 0 Å². The Morgan fingerprint density at radius 3 is 1.73 bits per heavy atom. The van der Waals surface area contributed by atoms with E-state index in [4.69, 9.17) is 11.6 Å². The van der Waals surface area contributed by atoms with Crippen LogP contribution in [0, 0.1) is 0 Å². The summed E-state index contributed by atoms with van der Waals surface area (Å²) in [6.45, 7) is 6.76. The molecule has 0 aliphatic carbocycles. The number of rotatable bonds is 7. The van der Waals surface area contributed by atoms with Gasteiger partial charge in [-0.3, -0.25) is 4.90 Å². The molecule has 0 heterocycles. The average molecular weight is 178 g/mol. The van der Waals surface area contributed by atoms with Gasteiger partial charge in [-0.2, -0.15) is 0 Å². The predicted octanol–water partition coefficient (Wildman–Crippen LogP) is 3.08. The van der Waals surface area contributed by atoms with Crippen molar-refractivity contribution in [3.63, 3.8) is 0 Å². The van der Waals surface area contributed by atoms with E-state index in [2.05, 4.69) is 18.7 Å². The van der Waals surface area contributed by atoms with Gasteiger partial charge in [0, 0.05) is 0 Å². The molecule has 68 valence electrons. The van der Waals surface area contributed by atoms with Gasteiger partial charge in [-0.1, -0.05) is 26.7 Å². The Balaban J connectivity index is 3.25. The van der Waals surface area contributed by atoms with Gasteiger partial charge in [0.05, 0.1) is 6.00 Å². The van der Waals surface area contributed by atoms with Crippen molar-refractivity contribution in [2.75, 3.05) is 19.1 Å². The number of nitrogens with zero attached hydrogens (tertiary/aromatic N) is 1. The van der Waals surface area contributed by atoms with Crippen molar-refractivity contribution in [2.24, 2.45) is 0 Å². The van der Waals surface area contributed by atoms with E-state index in [1.165, 1.54) is 38.8 Å². The zero-order valence-corrected chi connectivity index (χ0v) is 8.53. The van der Waals surface area contributed by atoms with Gasteiger partial charge in [0.2, 0.25) is 0 Å². The Morgan fingerprint density at radius 2 is 1.45 bits per heavy atom. The van der Waals surface area contributed by atoms with Crippen LogP contribution in [0.2, 0.25) is 0 Å². The van der Waals surface area contributed by atoms with Crippen LogP contribution in [0.1, 0.15) is 39.5 Å². The van der Waals surface area contributed by atoms with Crippen LogP contribution in [-0.4, -0.2) is 24.0 Å². The molecule has 0 atom stereocenters. The van der Waals surface area contributed by atoms with Crippen LogP contribution in [0.15, 0.2) is 0 Å². The van der Waals surface area contributed by atoms with Gasteiger partial charge >= 0.3 is 0 Å². The SMILES string of the molecule is CCCCN(CCl)CCCC. The molecule has 0 aliphatic rings. The van der Waals surface area contributed by atoms with Crippen LogP contribution in [-0.2, 0) is 0 Å². The summed E-state index contributed by atoms with van der Waals surface area (Å²) >= 11 is 5.76. The molecule has 0 rings (SSSR count). The molecule has 0 aromatic rings. The number of hydrogen-bond acceptors (Lipinski definition) is 1. The van der Waals surface area contributed by atoms with Crippen molar-refractivity contribution in [2.45, 2.75) is 39.5 Å². The molecule has 0 aromatic heterocycles. The van der Waals surface area contributed by atoms with Gasteiger partial charge in [-0.05, 0) is 25.9 Å². The summed E-state index contributed by atoms with van der Waals surface area (Å²) in [5.74, 6) is 0. The number of alkyl halides is 1. The molecule has 1 nitrogen and oxygen atoms in total. The minimum absolute atomic E-state index is 0.694. The maximum absolute atomic E-state index is 5.76. The predicted molar refractivity (Wildman–Crippen MR) is 52.1 cm³/mol. The van der Waals surface area contributed by atoms with Crippen molar-refractivity contribution in [1.82, 2.24) is 4.90 Å². The first-order chi connectivity index (χ1) is 5.35. The Labute approximate surface area is 75.7 Å². The van der Waals surface area contributed by atoms with E-state index < -0.39 is 0 Å². The second-order valence-corrected chi connectivity index (χ2v) is 3.18.